The molecule has 75 heavy (non-hydrogen) atoms. The summed E-state index contributed by atoms with van der Waals surface area (Å²) in [4.78, 5) is 9.84. The largest absolute Gasteiger partial charge is 0.501 e. The second-order valence-corrected chi connectivity index (χ2v) is 28.7. The van der Waals surface area contributed by atoms with Crippen LogP contribution in [0.25, 0.3) is 94.0 Å². The second-order valence-electron chi connectivity index (χ2n) is 23.6. The van der Waals surface area contributed by atoms with Crippen LogP contribution in [0.1, 0.15) is 109 Å². The van der Waals surface area contributed by atoms with E-state index < -0.39 is 8.07 Å². The molecule has 4 nitrogen and oxygen atoms in total. The van der Waals surface area contributed by atoms with Crippen LogP contribution in [-0.4, -0.2) is 22.6 Å². The number of para-hydroxylation sites is 2. The molecule has 1 radical (unpaired) electrons. The first-order chi connectivity index (χ1) is 35.4. The maximum absolute atomic E-state index is 12.8. The van der Waals surface area contributed by atoms with Gasteiger partial charge in [0.1, 0.15) is 5.58 Å². The molecule has 0 spiro atoms. The summed E-state index contributed by atoms with van der Waals surface area (Å²) in [5.41, 5.74) is 16.0. The van der Waals surface area contributed by atoms with Crippen molar-refractivity contribution in [2.24, 2.45) is 0 Å². The predicted molar refractivity (Wildman–Crippen MR) is 313 cm³/mol. The molecule has 0 saturated carbocycles. The van der Waals surface area contributed by atoms with Crippen molar-refractivity contribution in [3.05, 3.63) is 192 Å². The summed E-state index contributed by atoms with van der Waals surface area (Å²) < 4.78 is 22.1. The van der Waals surface area contributed by atoms with Crippen LogP contribution in [-0.2, 0) is 30.9 Å². The number of pyridine rings is 1. The van der Waals surface area contributed by atoms with Crippen LogP contribution in [0.15, 0.2) is 156 Å². The van der Waals surface area contributed by atoms with Gasteiger partial charge in [-0.05, 0) is 138 Å². The first kappa shape index (κ1) is 52.0. The summed E-state index contributed by atoms with van der Waals surface area (Å²) in [6.45, 7) is 25.9. The average Bonchev–Trinajstić information content (AvgIpc) is 3.93. The van der Waals surface area contributed by atoms with Gasteiger partial charge in [-0.25, -0.2) is 0 Å². The number of furan rings is 1. The van der Waals surface area contributed by atoms with Crippen LogP contribution >= 0.6 is 0 Å². The van der Waals surface area contributed by atoms with E-state index in [1.807, 2.05) is 18.3 Å². The molecule has 1 aliphatic rings. The third-order valence-electron chi connectivity index (χ3n) is 15.8. The van der Waals surface area contributed by atoms with Gasteiger partial charge in [0, 0.05) is 43.2 Å². The number of fused-ring (bicyclic) bond motifs is 8. The quantitative estimate of drug-likeness (QED) is 0.0691. The minimum Gasteiger partial charge on any atom is -0.501 e. The Balaban J connectivity index is 0.000000304. The molecule has 0 aliphatic heterocycles. The SMILES string of the molecule is CC(C)c1cc(-c2ccc3c(c2)C(C)(C)CCCC3(C)C)cc(C(C)C)c1-n1c(-c2[c-]ccc3c2oc2cc4c(ccc5ccccc54)cc23)nc2ccccc21.C[Si](C)(C)c1ccc(-c2[c-]cc(F)cc2)nc1.[Ir]. The van der Waals surface area contributed by atoms with E-state index in [0.29, 0.717) is 0 Å². The van der Waals surface area contributed by atoms with E-state index in [1.54, 1.807) is 6.07 Å². The third-order valence-corrected chi connectivity index (χ3v) is 17.8. The predicted octanol–water partition coefficient (Wildman–Crippen LogP) is 18.6. The van der Waals surface area contributed by atoms with Crippen molar-refractivity contribution in [2.45, 2.75) is 117 Å². The third kappa shape index (κ3) is 9.62. The van der Waals surface area contributed by atoms with Crippen LogP contribution < -0.4 is 5.19 Å². The Morgan fingerprint density at radius 2 is 1.36 bits per heavy atom. The first-order valence-corrected chi connectivity index (χ1v) is 30.0. The molecule has 0 saturated heterocycles. The molecule has 7 heteroatoms. The molecule has 8 aromatic carbocycles. The smallest absolute Gasteiger partial charge is 0.121 e. The van der Waals surface area contributed by atoms with Crippen molar-refractivity contribution in [1.29, 1.82) is 0 Å². The summed E-state index contributed by atoms with van der Waals surface area (Å²) in [5, 5.41) is 8.36. The summed E-state index contributed by atoms with van der Waals surface area (Å²) in [6.07, 6.45) is 5.61. The zero-order chi connectivity index (χ0) is 51.8. The number of halogens is 1. The van der Waals surface area contributed by atoms with E-state index in [9.17, 15) is 4.39 Å². The average molecular weight is 1180 g/mol. The van der Waals surface area contributed by atoms with E-state index in [1.165, 1.54) is 97.2 Å². The standard InChI is InChI=1S/C54H51N2O.C14H15FNSi.Ir/c1-32(2)41-28-37(35-23-24-45-46(30-35)54(7,8)26-14-25-53(45,5)6)29-42(33(3)4)50(41)56-48-20-12-11-19-47(48)55-52(56)40-18-13-17-39-44-27-36-22-21-34-15-9-10-16-38(34)43(36)31-49(44)57-51(39)40;1-17(2,3)13-8-9-14(16-10-13)11-4-6-12(15)7-5-11;/h9-13,15-17,19-24,27-33H,14,25-26H2,1-8H3;4,6-10H,1-3H3;/q2*-1;. The molecule has 0 fully saturated rings. The molecule has 381 valence electrons. The molecule has 3 heterocycles. The van der Waals surface area contributed by atoms with Gasteiger partial charge in [0.25, 0.3) is 0 Å². The zero-order valence-electron chi connectivity index (χ0n) is 45.2. The van der Waals surface area contributed by atoms with Gasteiger partial charge in [0.2, 0.25) is 0 Å². The van der Waals surface area contributed by atoms with Crippen molar-refractivity contribution < 1.29 is 28.9 Å². The molecule has 11 aromatic rings. The Labute approximate surface area is 456 Å². The van der Waals surface area contributed by atoms with Crippen molar-refractivity contribution in [1.82, 2.24) is 14.5 Å². The number of hydrogen-bond acceptors (Lipinski definition) is 3. The van der Waals surface area contributed by atoms with E-state index >= 15 is 0 Å². The maximum atomic E-state index is 12.8. The fourth-order valence-electron chi connectivity index (χ4n) is 11.5. The Bertz CT molecular complexity index is 3900. The minimum absolute atomic E-state index is 0. The number of nitrogens with zero attached hydrogens (tertiary/aromatic N) is 3. The molecule has 0 amide bonds. The number of aromatic nitrogens is 3. The van der Waals surface area contributed by atoms with Gasteiger partial charge in [-0.1, -0.05) is 171 Å². The Kier molecular flexibility index (Phi) is 13.8. The van der Waals surface area contributed by atoms with Crippen LogP contribution in [0.4, 0.5) is 4.39 Å². The molecular weight excluding hydrogens is 1110 g/mol. The summed E-state index contributed by atoms with van der Waals surface area (Å²) in [6, 6.07) is 57.6. The summed E-state index contributed by atoms with van der Waals surface area (Å²) in [7, 11) is -1.30. The van der Waals surface area contributed by atoms with Crippen molar-refractivity contribution in [3.8, 4) is 39.5 Å². The van der Waals surface area contributed by atoms with Gasteiger partial charge in [-0.2, -0.15) is 0 Å². The molecule has 3 aromatic heterocycles. The normalized spacial score (nSPS) is 14.3. The fraction of sp³-hybridized carbons (Fsp3) is 0.265. The summed E-state index contributed by atoms with van der Waals surface area (Å²) in [5.74, 6) is 1.10. The molecular formula is C68H66FIrN3OSi-2. The zero-order valence-corrected chi connectivity index (χ0v) is 48.6. The number of rotatable bonds is 7. The van der Waals surface area contributed by atoms with Gasteiger partial charge >= 0.3 is 0 Å². The van der Waals surface area contributed by atoms with Crippen molar-refractivity contribution in [2.75, 3.05) is 0 Å². The Morgan fingerprint density at radius 3 is 2.05 bits per heavy atom. The van der Waals surface area contributed by atoms with Crippen LogP contribution in [0, 0.1) is 17.9 Å². The van der Waals surface area contributed by atoms with Crippen LogP contribution in [0.3, 0.4) is 0 Å². The minimum atomic E-state index is -1.30. The van der Waals surface area contributed by atoms with Gasteiger partial charge < -0.3 is 14.0 Å². The molecule has 1 aliphatic carbocycles. The number of benzene rings is 8. The van der Waals surface area contributed by atoms with E-state index in [4.69, 9.17) is 9.40 Å². The molecule has 0 unspecified atom stereocenters. The molecule has 0 atom stereocenters. The molecule has 0 bridgehead atoms. The Morgan fingerprint density at radius 1 is 0.653 bits per heavy atom. The van der Waals surface area contributed by atoms with Crippen LogP contribution in [0.5, 0.6) is 0 Å². The van der Waals surface area contributed by atoms with Gasteiger partial charge in [0.15, 0.2) is 0 Å². The Hall–Kier alpha value is -6.50. The monoisotopic (exact) mass is 1180 g/mol. The molecule has 0 N–H and O–H groups in total. The van der Waals surface area contributed by atoms with Gasteiger partial charge in [-0.15, -0.1) is 48.0 Å². The fourth-order valence-corrected chi connectivity index (χ4v) is 12.5. The number of imidazole rings is 1. The maximum Gasteiger partial charge on any atom is 0.121 e. The van der Waals surface area contributed by atoms with E-state index in [2.05, 4.69) is 212 Å². The van der Waals surface area contributed by atoms with Crippen LogP contribution in [0.2, 0.25) is 19.6 Å². The van der Waals surface area contributed by atoms with Crippen molar-refractivity contribution in [3.63, 3.8) is 0 Å². The first-order valence-electron chi connectivity index (χ1n) is 26.5. The van der Waals surface area contributed by atoms with Gasteiger partial charge in [-0.3, -0.25) is 9.37 Å². The van der Waals surface area contributed by atoms with E-state index in [0.717, 1.165) is 55.6 Å². The van der Waals surface area contributed by atoms with E-state index in [-0.39, 0.29) is 48.6 Å². The van der Waals surface area contributed by atoms with Gasteiger partial charge in [0.05, 0.1) is 30.5 Å². The number of hydrogen-bond donors (Lipinski definition) is 0. The van der Waals surface area contributed by atoms with Crippen molar-refractivity contribution >= 4 is 67.8 Å². The molecule has 12 rings (SSSR count). The summed E-state index contributed by atoms with van der Waals surface area (Å²) >= 11 is 0. The topological polar surface area (TPSA) is 43.9 Å². The second kappa shape index (κ2) is 19.9.